The molecule has 52 valence electrons. The highest BCUT2D eigenvalue weighted by atomic mass is 35.5. The van der Waals surface area contributed by atoms with Crippen LogP contribution >= 0.6 is 11.6 Å². The summed E-state index contributed by atoms with van der Waals surface area (Å²) in [4.78, 5) is 0. The molecule has 1 nitrogen and oxygen atoms in total. The molecule has 0 aliphatic rings. The predicted octanol–water partition coefficient (Wildman–Crippen LogP) is 1.62. The highest BCUT2D eigenvalue weighted by molar-refractivity contribution is 6.79. The van der Waals surface area contributed by atoms with Gasteiger partial charge in [0.15, 0.2) is 0 Å². The molecule has 0 spiro atoms. The number of hydrogen-bond acceptors (Lipinski definition) is 1. The summed E-state index contributed by atoms with van der Waals surface area (Å²) >= 11 is 5.39. The molecule has 0 aliphatic carbocycles. The minimum Gasteiger partial charge on any atom is -0.404 e. The summed E-state index contributed by atoms with van der Waals surface area (Å²) in [5.41, 5.74) is 2.63. The van der Waals surface area contributed by atoms with E-state index in [0.29, 0.717) is 12.5 Å². The minimum absolute atomic E-state index is 0.526. The lowest BCUT2D eigenvalue weighted by atomic mass is 10.9. The molecule has 0 aromatic heterocycles. The summed E-state index contributed by atoms with van der Waals surface area (Å²) in [5.74, 6) is 0.526. The number of halogens is 1. The first-order valence-electron chi connectivity index (χ1n) is 2.80. The van der Waals surface area contributed by atoms with Crippen LogP contribution in [-0.4, -0.2) is 20.8 Å². The second kappa shape index (κ2) is 3.94. The van der Waals surface area contributed by atoms with Crippen molar-refractivity contribution in [2.75, 3.05) is 12.5 Å². The number of hydrogen-bond donors (Lipinski definition) is 0. The zero-order valence-corrected chi connectivity index (χ0v) is 7.53. The normalized spacial score (nSPS) is 10.9. The van der Waals surface area contributed by atoms with Crippen molar-refractivity contribution in [3.63, 3.8) is 0 Å². The molecule has 0 bridgehead atoms. The Kier molecular flexibility index (Phi) is 3.95. The Hall–Kier alpha value is 0.0269. The van der Waals surface area contributed by atoms with Crippen LogP contribution in [0.25, 0.3) is 0 Å². The van der Waals surface area contributed by atoms with Crippen LogP contribution in [0.1, 0.15) is 0 Å². The van der Waals surface area contributed by atoms with Gasteiger partial charge in [-0.25, -0.2) is 0 Å². The maximum absolute atomic E-state index is 5.39. The maximum atomic E-state index is 5.39. The van der Waals surface area contributed by atoms with Gasteiger partial charge in [0, 0.05) is 12.5 Å². The monoisotopic (exact) mass is 162 g/mol. The molecule has 0 atom stereocenters. The van der Waals surface area contributed by atoms with Gasteiger partial charge in [-0.2, -0.15) is 0 Å². The standard InChI is InChI=1S/C6H11ClOSi/c1-4-9(2,3)8-6-5-7/h1H,5-6H2,2-3H3. The third kappa shape index (κ3) is 4.53. The number of rotatable bonds is 3. The maximum Gasteiger partial charge on any atom is 0.265 e. The van der Waals surface area contributed by atoms with E-state index in [-0.39, 0.29) is 0 Å². The van der Waals surface area contributed by atoms with Gasteiger partial charge in [0.25, 0.3) is 8.32 Å². The van der Waals surface area contributed by atoms with E-state index in [2.05, 4.69) is 5.54 Å². The zero-order valence-electron chi connectivity index (χ0n) is 5.78. The molecular formula is C6H11ClOSi. The van der Waals surface area contributed by atoms with Crippen molar-refractivity contribution in [3.05, 3.63) is 0 Å². The summed E-state index contributed by atoms with van der Waals surface area (Å²) < 4.78 is 5.30. The largest absolute Gasteiger partial charge is 0.404 e. The molecule has 0 saturated carbocycles. The Labute approximate surface area is 62.5 Å². The molecule has 0 amide bonds. The molecule has 0 fully saturated rings. The third-order valence-electron chi connectivity index (χ3n) is 0.888. The van der Waals surface area contributed by atoms with Gasteiger partial charge >= 0.3 is 0 Å². The van der Waals surface area contributed by atoms with E-state index in [1.807, 2.05) is 13.1 Å². The van der Waals surface area contributed by atoms with E-state index in [9.17, 15) is 0 Å². The molecule has 0 N–H and O–H groups in total. The number of alkyl halides is 1. The van der Waals surface area contributed by atoms with Gasteiger partial charge in [-0.05, 0) is 13.1 Å². The molecule has 3 heteroatoms. The van der Waals surface area contributed by atoms with Crippen LogP contribution in [0.15, 0.2) is 0 Å². The van der Waals surface area contributed by atoms with Crippen molar-refractivity contribution in [1.82, 2.24) is 0 Å². The van der Waals surface area contributed by atoms with E-state index in [1.54, 1.807) is 0 Å². The van der Waals surface area contributed by atoms with E-state index < -0.39 is 8.32 Å². The van der Waals surface area contributed by atoms with Crippen molar-refractivity contribution in [2.24, 2.45) is 0 Å². The van der Waals surface area contributed by atoms with Gasteiger partial charge in [-0.1, -0.05) is 0 Å². The summed E-state index contributed by atoms with van der Waals surface area (Å²) in [6.45, 7) is 4.52. The SMILES string of the molecule is C#C[Si](C)(C)OCCCl. The van der Waals surface area contributed by atoms with Crippen LogP contribution in [0.4, 0.5) is 0 Å². The molecule has 0 rings (SSSR count). The molecule has 9 heavy (non-hydrogen) atoms. The smallest absolute Gasteiger partial charge is 0.265 e. The van der Waals surface area contributed by atoms with Gasteiger partial charge in [0.2, 0.25) is 0 Å². The van der Waals surface area contributed by atoms with E-state index in [1.165, 1.54) is 0 Å². The van der Waals surface area contributed by atoms with Crippen LogP contribution in [0, 0.1) is 12.0 Å². The molecule has 0 radical (unpaired) electrons. The summed E-state index contributed by atoms with van der Waals surface area (Å²) in [5, 5.41) is 0. The van der Waals surface area contributed by atoms with E-state index in [0.717, 1.165) is 0 Å². The van der Waals surface area contributed by atoms with Gasteiger partial charge in [0.1, 0.15) is 0 Å². The molecule has 0 aliphatic heterocycles. The van der Waals surface area contributed by atoms with Gasteiger partial charge in [-0.3, -0.25) is 0 Å². The fourth-order valence-corrected chi connectivity index (χ4v) is 1.24. The summed E-state index contributed by atoms with van der Waals surface area (Å²) in [7, 11) is -1.75. The molecule has 0 heterocycles. The van der Waals surface area contributed by atoms with Crippen molar-refractivity contribution >= 4 is 19.9 Å². The van der Waals surface area contributed by atoms with Crippen molar-refractivity contribution < 1.29 is 4.43 Å². The van der Waals surface area contributed by atoms with Crippen LogP contribution in [-0.2, 0) is 4.43 Å². The quantitative estimate of drug-likeness (QED) is 0.348. The predicted molar refractivity (Wildman–Crippen MR) is 43.0 cm³/mol. The Balaban J connectivity index is 3.49. The fourth-order valence-electron chi connectivity index (χ4n) is 0.335. The lowest BCUT2D eigenvalue weighted by molar-refractivity contribution is 0.342. The molecule has 0 aromatic rings. The second-order valence-corrected chi connectivity index (χ2v) is 6.17. The Morgan fingerprint density at radius 2 is 2.22 bits per heavy atom. The van der Waals surface area contributed by atoms with E-state index in [4.69, 9.17) is 22.5 Å². The second-order valence-electron chi connectivity index (χ2n) is 2.19. The highest BCUT2D eigenvalue weighted by Crippen LogP contribution is 2.00. The molecule has 0 unspecified atom stereocenters. The highest BCUT2D eigenvalue weighted by Gasteiger charge is 2.17. The summed E-state index contributed by atoms with van der Waals surface area (Å²) in [6.07, 6.45) is 5.19. The van der Waals surface area contributed by atoms with Crippen molar-refractivity contribution in [3.8, 4) is 12.0 Å². The Bertz CT molecular complexity index is 117. The molecule has 0 saturated heterocycles. The topological polar surface area (TPSA) is 9.23 Å². The minimum atomic E-state index is -1.75. The van der Waals surface area contributed by atoms with Crippen LogP contribution in [0.5, 0.6) is 0 Å². The zero-order chi connectivity index (χ0) is 7.33. The Morgan fingerprint density at radius 3 is 2.56 bits per heavy atom. The first-order valence-corrected chi connectivity index (χ1v) is 6.24. The first kappa shape index (κ1) is 9.03. The Morgan fingerprint density at radius 1 is 1.67 bits per heavy atom. The van der Waals surface area contributed by atoms with Gasteiger partial charge in [0.05, 0.1) is 0 Å². The average Bonchev–Trinajstić information content (AvgIpc) is 1.84. The fraction of sp³-hybridized carbons (Fsp3) is 0.667. The van der Waals surface area contributed by atoms with Crippen molar-refractivity contribution in [2.45, 2.75) is 13.1 Å². The van der Waals surface area contributed by atoms with Gasteiger partial charge < -0.3 is 4.43 Å². The van der Waals surface area contributed by atoms with Gasteiger partial charge in [-0.15, -0.1) is 23.6 Å². The number of terminal acetylenes is 1. The van der Waals surface area contributed by atoms with Crippen LogP contribution in [0.2, 0.25) is 13.1 Å². The summed E-state index contributed by atoms with van der Waals surface area (Å²) in [6, 6.07) is 0. The van der Waals surface area contributed by atoms with Crippen molar-refractivity contribution in [1.29, 1.82) is 0 Å². The van der Waals surface area contributed by atoms with E-state index >= 15 is 0 Å². The van der Waals surface area contributed by atoms with Crippen LogP contribution in [0.3, 0.4) is 0 Å². The third-order valence-corrected chi connectivity index (χ3v) is 2.66. The lowest BCUT2D eigenvalue weighted by Crippen LogP contribution is -2.29. The first-order chi connectivity index (χ1) is 4.12. The lowest BCUT2D eigenvalue weighted by Gasteiger charge is -2.13. The average molecular weight is 163 g/mol. The van der Waals surface area contributed by atoms with Crippen LogP contribution < -0.4 is 0 Å². The molecular weight excluding hydrogens is 152 g/mol. The molecule has 0 aromatic carbocycles.